The molecule has 128 valence electrons. The van der Waals surface area contributed by atoms with E-state index in [-0.39, 0.29) is 0 Å². The SMILES string of the molecule is Brc1cccc(CN(Cc2nnc(-c3ccccc3Br)o2)C2CC2)c1. The van der Waals surface area contributed by atoms with Gasteiger partial charge in [0.25, 0.3) is 0 Å². The van der Waals surface area contributed by atoms with Gasteiger partial charge in [-0.05, 0) is 58.6 Å². The van der Waals surface area contributed by atoms with E-state index < -0.39 is 0 Å². The van der Waals surface area contributed by atoms with Gasteiger partial charge < -0.3 is 4.42 Å². The molecule has 1 aromatic heterocycles. The molecule has 0 N–H and O–H groups in total. The second kappa shape index (κ2) is 7.40. The van der Waals surface area contributed by atoms with Crippen molar-refractivity contribution in [2.24, 2.45) is 0 Å². The fraction of sp³-hybridized carbons (Fsp3) is 0.263. The molecule has 0 aliphatic heterocycles. The fourth-order valence-corrected chi connectivity index (χ4v) is 3.76. The normalized spacial score (nSPS) is 14.2. The Morgan fingerprint density at radius 1 is 1.00 bits per heavy atom. The van der Waals surface area contributed by atoms with Crippen LogP contribution in [0.4, 0.5) is 0 Å². The molecule has 3 aromatic rings. The molecular formula is C19H17Br2N3O. The summed E-state index contributed by atoms with van der Waals surface area (Å²) < 4.78 is 7.98. The minimum atomic E-state index is 0.556. The maximum absolute atomic E-state index is 5.92. The Hall–Kier alpha value is -1.50. The van der Waals surface area contributed by atoms with E-state index >= 15 is 0 Å². The van der Waals surface area contributed by atoms with Crippen LogP contribution in [0.1, 0.15) is 24.3 Å². The molecule has 4 rings (SSSR count). The minimum Gasteiger partial charge on any atom is -0.419 e. The lowest BCUT2D eigenvalue weighted by molar-refractivity contribution is 0.221. The van der Waals surface area contributed by atoms with Crippen molar-refractivity contribution in [2.75, 3.05) is 0 Å². The van der Waals surface area contributed by atoms with Gasteiger partial charge in [-0.15, -0.1) is 10.2 Å². The number of nitrogens with zero attached hydrogens (tertiary/aromatic N) is 3. The molecule has 0 saturated heterocycles. The van der Waals surface area contributed by atoms with E-state index in [1.807, 2.05) is 30.3 Å². The van der Waals surface area contributed by atoms with Crippen LogP contribution in [0.2, 0.25) is 0 Å². The molecule has 25 heavy (non-hydrogen) atoms. The molecule has 0 spiro atoms. The number of hydrogen-bond donors (Lipinski definition) is 0. The van der Waals surface area contributed by atoms with Gasteiger partial charge in [0.05, 0.1) is 12.1 Å². The summed E-state index contributed by atoms with van der Waals surface area (Å²) in [6.07, 6.45) is 2.47. The van der Waals surface area contributed by atoms with Crippen LogP contribution in [0.3, 0.4) is 0 Å². The number of benzene rings is 2. The Morgan fingerprint density at radius 3 is 2.60 bits per heavy atom. The van der Waals surface area contributed by atoms with Crippen molar-refractivity contribution >= 4 is 31.9 Å². The van der Waals surface area contributed by atoms with Gasteiger partial charge in [0.15, 0.2) is 0 Å². The predicted octanol–water partition coefficient (Wildman–Crippen LogP) is 5.43. The highest BCUT2D eigenvalue weighted by molar-refractivity contribution is 9.10. The second-order valence-corrected chi connectivity index (χ2v) is 8.02. The Morgan fingerprint density at radius 2 is 1.84 bits per heavy atom. The van der Waals surface area contributed by atoms with Crippen molar-refractivity contribution < 1.29 is 4.42 Å². The zero-order valence-corrected chi connectivity index (χ0v) is 16.7. The van der Waals surface area contributed by atoms with E-state index in [0.29, 0.717) is 24.4 Å². The molecule has 1 fully saturated rings. The van der Waals surface area contributed by atoms with Crippen molar-refractivity contribution in [1.29, 1.82) is 0 Å². The molecule has 1 heterocycles. The fourth-order valence-electron chi connectivity index (χ4n) is 2.86. The molecule has 1 aliphatic rings. The van der Waals surface area contributed by atoms with Crippen LogP contribution < -0.4 is 0 Å². The van der Waals surface area contributed by atoms with Crippen LogP contribution in [0, 0.1) is 0 Å². The number of aromatic nitrogens is 2. The van der Waals surface area contributed by atoms with Crippen molar-refractivity contribution in [2.45, 2.75) is 32.0 Å². The van der Waals surface area contributed by atoms with Gasteiger partial charge >= 0.3 is 0 Å². The molecule has 0 radical (unpaired) electrons. The largest absolute Gasteiger partial charge is 0.419 e. The summed E-state index contributed by atoms with van der Waals surface area (Å²) in [6.45, 7) is 1.56. The summed E-state index contributed by atoms with van der Waals surface area (Å²) in [7, 11) is 0. The molecule has 6 heteroatoms. The maximum Gasteiger partial charge on any atom is 0.248 e. The first-order valence-electron chi connectivity index (χ1n) is 8.25. The third-order valence-corrected chi connectivity index (χ3v) is 5.43. The van der Waals surface area contributed by atoms with Gasteiger partial charge in [-0.2, -0.15) is 0 Å². The van der Waals surface area contributed by atoms with Gasteiger partial charge in [-0.3, -0.25) is 4.90 Å². The standard InChI is InChI=1S/C19H17Br2N3O/c20-14-5-3-4-13(10-14)11-24(15-8-9-15)12-18-22-23-19(25-18)16-6-1-2-7-17(16)21/h1-7,10,15H,8-9,11-12H2. The van der Waals surface area contributed by atoms with Gasteiger partial charge in [-0.25, -0.2) is 0 Å². The maximum atomic E-state index is 5.92. The molecule has 0 amide bonds. The van der Waals surface area contributed by atoms with Crippen LogP contribution in [0.5, 0.6) is 0 Å². The van der Waals surface area contributed by atoms with E-state index in [4.69, 9.17) is 4.42 Å². The summed E-state index contributed by atoms with van der Waals surface area (Å²) in [5.74, 6) is 1.22. The molecule has 2 aromatic carbocycles. The van der Waals surface area contributed by atoms with Gasteiger partial charge in [0.1, 0.15) is 0 Å². The zero-order chi connectivity index (χ0) is 17.2. The van der Waals surface area contributed by atoms with Crippen molar-refractivity contribution in [1.82, 2.24) is 15.1 Å². The highest BCUT2D eigenvalue weighted by Crippen LogP contribution is 2.31. The van der Waals surface area contributed by atoms with Crippen molar-refractivity contribution in [3.63, 3.8) is 0 Å². The second-order valence-electron chi connectivity index (χ2n) is 6.25. The average molecular weight is 463 g/mol. The Balaban J connectivity index is 1.51. The van der Waals surface area contributed by atoms with E-state index in [0.717, 1.165) is 21.1 Å². The van der Waals surface area contributed by atoms with Crippen LogP contribution in [-0.4, -0.2) is 21.1 Å². The van der Waals surface area contributed by atoms with Crippen LogP contribution in [-0.2, 0) is 13.1 Å². The third-order valence-electron chi connectivity index (χ3n) is 4.25. The molecule has 0 bridgehead atoms. The van der Waals surface area contributed by atoms with E-state index in [2.05, 4.69) is 65.2 Å². The lowest BCUT2D eigenvalue weighted by Gasteiger charge is -2.20. The Kier molecular flexibility index (Phi) is 5.01. The van der Waals surface area contributed by atoms with Crippen LogP contribution >= 0.6 is 31.9 Å². The highest BCUT2D eigenvalue weighted by Gasteiger charge is 2.30. The summed E-state index contributed by atoms with van der Waals surface area (Å²) in [5, 5.41) is 8.47. The lowest BCUT2D eigenvalue weighted by atomic mass is 10.2. The smallest absolute Gasteiger partial charge is 0.248 e. The summed E-state index contributed by atoms with van der Waals surface area (Å²) >= 11 is 7.08. The van der Waals surface area contributed by atoms with E-state index in [1.54, 1.807) is 0 Å². The monoisotopic (exact) mass is 461 g/mol. The van der Waals surface area contributed by atoms with Crippen molar-refractivity contribution in [3.05, 3.63) is 68.9 Å². The van der Waals surface area contributed by atoms with E-state index in [9.17, 15) is 0 Å². The first-order valence-corrected chi connectivity index (χ1v) is 9.83. The molecule has 4 nitrogen and oxygen atoms in total. The summed E-state index contributed by atoms with van der Waals surface area (Å²) in [6, 6.07) is 16.9. The average Bonchev–Trinajstić information content (AvgIpc) is 3.35. The van der Waals surface area contributed by atoms with Crippen LogP contribution in [0.15, 0.2) is 61.9 Å². The Labute approximate surface area is 163 Å². The molecule has 0 unspecified atom stereocenters. The first kappa shape index (κ1) is 16.9. The summed E-state index contributed by atoms with van der Waals surface area (Å²) in [4.78, 5) is 2.42. The number of hydrogen-bond acceptors (Lipinski definition) is 4. The van der Waals surface area contributed by atoms with E-state index in [1.165, 1.54) is 18.4 Å². The van der Waals surface area contributed by atoms with Gasteiger partial charge in [0, 0.05) is 21.5 Å². The van der Waals surface area contributed by atoms with Crippen molar-refractivity contribution in [3.8, 4) is 11.5 Å². The van der Waals surface area contributed by atoms with Gasteiger partial charge in [-0.1, -0.05) is 40.2 Å². The molecule has 0 atom stereocenters. The number of halogens is 2. The predicted molar refractivity (Wildman–Crippen MR) is 104 cm³/mol. The van der Waals surface area contributed by atoms with Crippen LogP contribution in [0.25, 0.3) is 11.5 Å². The molecular weight excluding hydrogens is 446 g/mol. The molecule has 1 aliphatic carbocycles. The zero-order valence-electron chi connectivity index (χ0n) is 13.5. The molecule has 1 saturated carbocycles. The lowest BCUT2D eigenvalue weighted by Crippen LogP contribution is -2.25. The Bertz CT molecular complexity index is 876. The topological polar surface area (TPSA) is 42.2 Å². The summed E-state index contributed by atoms with van der Waals surface area (Å²) in [5.41, 5.74) is 2.21. The first-order chi connectivity index (χ1) is 12.2. The third kappa shape index (κ3) is 4.19. The minimum absolute atomic E-state index is 0.556. The van der Waals surface area contributed by atoms with Gasteiger partial charge in [0.2, 0.25) is 11.8 Å². The quantitative estimate of drug-likeness (QED) is 0.490. The highest BCUT2D eigenvalue weighted by atomic mass is 79.9. The number of rotatable bonds is 6.